The third kappa shape index (κ3) is 4.18. The van der Waals surface area contributed by atoms with Crippen molar-refractivity contribution in [1.82, 2.24) is 4.90 Å². The second-order valence-corrected chi connectivity index (χ2v) is 9.18. The number of hydrogen-bond acceptors (Lipinski definition) is 5. The lowest BCUT2D eigenvalue weighted by molar-refractivity contribution is -0.135. The minimum Gasteiger partial charge on any atom is -0.379 e. The second-order valence-electron chi connectivity index (χ2n) is 5.22. The minimum absolute atomic E-state index is 0.00989. The lowest BCUT2D eigenvalue weighted by Gasteiger charge is -2.36. The van der Waals surface area contributed by atoms with Gasteiger partial charge in [-0.2, -0.15) is 0 Å². The van der Waals surface area contributed by atoms with Crippen LogP contribution in [0.15, 0.2) is 16.3 Å². The first-order valence-electron chi connectivity index (χ1n) is 6.65. The summed E-state index contributed by atoms with van der Waals surface area (Å²) >= 11 is 1.04. The number of piperidine rings is 1. The van der Waals surface area contributed by atoms with Gasteiger partial charge < -0.3 is 9.64 Å². The van der Waals surface area contributed by atoms with E-state index in [2.05, 4.69) is 6.92 Å². The number of thiophene rings is 1. The molecule has 0 bridgehead atoms. The average molecular weight is 352 g/mol. The van der Waals surface area contributed by atoms with Crippen LogP contribution in [0.4, 0.5) is 0 Å². The number of amides is 1. The fraction of sp³-hybridized carbons (Fsp3) is 0.615. The molecule has 2 heterocycles. The van der Waals surface area contributed by atoms with Gasteiger partial charge in [-0.3, -0.25) is 4.79 Å². The van der Waals surface area contributed by atoms with Crippen LogP contribution in [0.3, 0.4) is 0 Å². The number of carbonyl (C=O) groups excluding carboxylic acids is 1. The molecule has 1 aliphatic rings. The molecule has 1 amide bonds. The van der Waals surface area contributed by atoms with Crippen LogP contribution in [0.1, 0.15) is 18.2 Å². The molecule has 0 aromatic carbocycles. The molecule has 5 nitrogen and oxygen atoms in total. The van der Waals surface area contributed by atoms with Gasteiger partial charge in [0.1, 0.15) is 4.21 Å². The van der Waals surface area contributed by atoms with E-state index in [1.165, 1.54) is 6.07 Å². The standard InChI is InChI=1S/C13H18ClNO4S2/c1-9-5-6-15(8-11(9)19-2)12(16)7-10-3-4-13(20-10)21(14,17)18/h3-4,9,11H,5-8H2,1-2H3. The van der Waals surface area contributed by atoms with Gasteiger partial charge in [0.2, 0.25) is 5.91 Å². The van der Waals surface area contributed by atoms with Crippen LogP contribution in [0, 0.1) is 5.92 Å². The highest BCUT2D eigenvalue weighted by molar-refractivity contribution is 8.15. The number of ether oxygens (including phenoxy) is 1. The molecule has 0 spiro atoms. The maximum atomic E-state index is 12.3. The Morgan fingerprint density at radius 3 is 2.81 bits per heavy atom. The first-order valence-corrected chi connectivity index (χ1v) is 9.77. The van der Waals surface area contributed by atoms with E-state index < -0.39 is 9.05 Å². The van der Waals surface area contributed by atoms with Gasteiger partial charge in [-0.1, -0.05) is 6.92 Å². The average Bonchev–Trinajstić information content (AvgIpc) is 2.87. The Hall–Kier alpha value is -0.630. The first-order chi connectivity index (χ1) is 9.81. The first kappa shape index (κ1) is 16.7. The normalized spacial score (nSPS) is 23.3. The molecule has 0 saturated carbocycles. The van der Waals surface area contributed by atoms with Gasteiger partial charge in [-0.15, -0.1) is 11.3 Å². The van der Waals surface area contributed by atoms with Gasteiger partial charge in [-0.05, 0) is 24.5 Å². The second kappa shape index (κ2) is 6.64. The van der Waals surface area contributed by atoms with E-state index in [4.69, 9.17) is 15.4 Å². The van der Waals surface area contributed by atoms with Gasteiger partial charge in [0.25, 0.3) is 9.05 Å². The molecule has 21 heavy (non-hydrogen) atoms. The number of hydrogen-bond donors (Lipinski definition) is 0. The molecule has 1 aromatic heterocycles. The highest BCUT2D eigenvalue weighted by Gasteiger charge is 2.29. The van der Waals surface area contributed by atoms with E-state index in [1.54, 1.807) is 18.1 Å². The fourth-order valence-electron chi connectivity index (χ4n) is 2.41. The van der Waals surface area contributed by atoms with Crippen LogP contribution in [0.5, 0.6) is 0 Å². The monoisotopic (exact) mass is 351 g/mol. The maximum absolute atomic E-state index is 12.3. The Labute approximate surface area is 133 Å². The van der Waals surface area contributed by atoms with Crippen molar-refractivity contribution in [3.63, 3.8) is 0 Å². The van der Waals surface area contributed by atoms with Crippen LogP contribution in [-0.4, -0.2) is 45.5 Å². The summed E-state index contributed by atoms with van der Waals surface area (Å²) in [5.74, 6) is 0.429. The van der Waals surface area contributed by atoms with Gasteiger partial charge >= 0.3 is 0 Å². The summed E-state index contributed by atoms with van der Waals surface area (Å²) in [6.07, 6.45) is 1.17. The molecular formula is C13H18ClNO4S2. The summed E-state index contributed by atoms with van der Waals surface area (Å²) in [4.78, 5) is 14.8. The molecule has 0 N–H and O–H groups in total. The van der Waals surface area contributed by atoms with Crippen LogP contribution >= 0.6 is 22.0 Å². The lowest BCUT2D eigenvalue weighted by atomic mass is 9.95. The number of rotatable bonds is 4. The van der Waals surface area contributed by atoms with Crippen molar-refractivity contribution in [2.24, 2.45) is 5.92 Å². The molecular weight excluding hydrogens is 334 g/mol. The van der Waals surface area contributed by atoms with E-state index in [0.717, 1.165) is 17.8 Å². The van der Waals surface area contributed by atoms with E-state index in [0.29, 0.717) is 23.9 Å². The van der Waals surface area contributed by atoms with E-state index in [1.807, 2.05) is 0 Å². The topological polar surface area (TPSA) is 63.7 Å². The molecule has 0 aliphatic carbocycles. The number of halogens is 1. The van der Waals surface area contributed by atoms with Crippen LogP contribution in [-0.2, 0) is 25.0 Å². The Morgan fingerprint density at radius 2 is 2.24 bits per heavy atom. The SMILES string of the molecule is COC1CN(C(=O)Cc2ccc(S(=O)(=O)Cl)s2)CCC1C. The molecule has 118 valence electrons. The number of carbonyl (C=O) groups is 1. The molecule has 2 unspecified atom stereocenters. The molecule has 2 rings (SSSR count). The van der Waals surface area contributed by atoms with Crippen LogP contribution in [0.25, 0.3) is 0 Å². The summed E-state index contributed by atoms with van der Waals surface area (Å²) < 4.78 is 27.9. The number of nitrogens with zero attached hydrogens (tertiary/aromatic N) is 1. The van der Waals surface area contributed by atoms with Gasteiger partial charge in [0.05, 0.1) is 12.5 Å². The van der Waals surface area contributed by atoms with Crippen molar-refractivity contribution in [2.45, 2.75) is 30.1 Å². The van der Waals surface area contributed by atoms with Gasteiger partial charge in [-0.25, -0.2) is 8.42 Å². The third-order valence-electron chi connectivity index (χ3n) is 3.75. The molecule has 1 aromatic rings. The molecule has 1 fully saturated rings. The zero-order chi connectivity index (χ0) is 15.6. The predicted octanol–water partition coefficient (Wildman–Crippen LogP) is 2.10. The van der Waals surface area contributed by atoms with Crippen molar-refractivity contribution >= 4 is 37.0 Å². The largest absolute Gasteiger partial charge is 0.379 e. The van der Waals surface area contributed by atoms with Gasteiger partial charge in [0, 0.05) is 35.8 Å². The van der Waals surface area contributed by atoms with Gasteiger partial charge in [0.15, 0.2) is 0 Å². The van der Waals surface area contributed by atoms with Crippen molar-refractivity contribution < 1.29 is 17.9 Å². The zero-order valence-corrected chi connectivity index (χ0v) is 14.3. The van der Waals surface area contributed by atoms with Crippen LogP contribution < -0.4 is 0 Å². The van der Waals surface area contributed by atoms with Crippen molar-refractivity contribution in [1.29, 1.82) is 0 Å². The Kier molecular flexibility index (Phi) is 5.29. The van der Waals surface area contributed by atoms with E-state index in [9.17, 15) is 13.2 Å². The quantitative estimate of drug-likeness (QED) is 0.779. The predicted molar refractivity (Wildman–Crippen MR) is 82.2 cm³/mol. The summed E-state index contributed by atoms with van der Waals surface area (Å²) in [5.41, 5.74) is 0. The molecule has 2 atom stereocenters. The lowest BCUT2D eigenvalue weighted by Crippen LogP contribution is -2.47. The van der Waals surface area contributed by atoms with E-state index >= 15 is 0 Å². The summed E-state index contributed by atoms with van der Waals surface area (Å²) in [6.45, 7) is 3.42. The van der Waals surface area contributed by atoms with Crippen LogP contribution in [0.2, 0.25) is 0 Å². The molecule has 1 saturated heterocycles. The Balaban J connectivity index is 2.00. The van der Waals surface area contributed by atoms with Crippen molar-refractivity contribution in [3.8, 4) is 0 Å². The summed E-state index contributed by atoms with van der Waals surface area (Å²) in [5, 5.41) is 0. The Morgan fingerprint density at radius 1 is 1.52 bits per heavy atom. The highest BCUT2D eigenvalue weighted by Crippen LogP contribution is 2.26. The fourth-order valence-corrected chi connectivity index (χ4v) is 4.53. The van der Waals surface area contributed by atoms with E-state index in [-0.39, 0.29) is 22.6 Å². The smallest absolute Gasteiger partial charge is 0.270 e. The molecule has 8 heteroatoms. The number of likely N-dealkylation sites (tertiary alicyclic amines) is 1. The Bertz CT molecular complexity index is 613. The molecule has 1 aliphatic heterocycles. The maximum Gasteiger partial charge on any atom is 0.270 e. The highest BCUT2D eigenvalue weighted by atomic mass is 35.7. The summed E-state index contributed by atoms with van der Waals surface area (Å²) in [6, 6.07) is 3.07. The minimum atomic E-state index is -3.72. The zero-order valence-electron chi connectivity index (χ0n) is 11.9. The number of methoxy groups -OCH3 is 1. The third-order valence-corrected chi connectivity index (χ3v) is 6.93. The van der Waals surface area contributed by atoms with Crippen molar-refractivity contribution in [2.75, 3.05) is 20.2 Å². The van der Waals surface area contributed by atoms with Crippen molar-refractivity contribution in [3.05, 3.63) is 17.0 Å². The summed E-state index contributed by atoms with van der Waals surface area (Å²) in [7, 11) is 3.22. The molecule has 0 radical (unpaired) electrons.